The molecule has 0 saturated carbocycles. The van der Waals surface area contributed by atoms with Gasteiger partial charge in [-0.1, -0.05) is 12.1 Å². The number of hydrogen-bond acceptors (Lipinski definition) is 5. The van der Waals surface area contributed by atoms with E-state index in [0.717, 1.165) is 0 Å². The first-order valence-corrected chi connectivity index (χ1v) is 7.43. The Bertz CT molecular complexity index is 1080. The number of hydrogen-bond donors (Lipinski definition) is 1. The van der Waals surface area contributed by atoms with Crippen LogP contribution >= 0.6 is 0 Å². The molecule has 0 aliphatic rings. The molecular weight excluding hydrogens is 310 g/mol. The van der Waals surface area contributed by atoms with Gasteiger partial charge in [0, 0.05) is 25.0 Å². The summed E-state index contributed by atoms with van der Waals surface area (Å²) in [5.74, 6) is -0.311. The van der Waals surface area contributed by atoms with Crippen LogP contribution in [-0.4, -0.2) is 22.2 Å². The zero-order chi connectivity index (χ0) is 16.5. The van der Waals surface area contributed by atoms with E-state index in [0.29, 0.717) is 24.1 Å². The van der Waals surface area contributed by atoms with Gasteiger partial charge in [0.05, 0.1) is 11.9 Å². The number of nitrogens with zero attached hydrogens (tertiary/aromatic N) is 2. The number of rotatable bonds is 4. The highest BCUT2D eigenvalue weighted by Gasteiger charge is 2.17. The van der Waals surface area contributed by atoms with Crippen molar-refractivity contribution in [2.75, 3.05) is 6.54 Å². The van der Waals surface area contributed by atoms with E-state index in [1.165, 1.54) is 6.07 Å². The van der Waals surface area contributed by atoms with E-state index in [1.807, 2.05) is 12.3 Å². The summed E-state index contributed by atoms with van der Waals surface area (Å²) < 4.78 is 12.7. The summed E-state index contributed by atoms with van der Waals surface area (Å²) in [6, 6.07) is 10.1. The van der Waals surface area contributed by atoms with E-state index in [9.17, 15) is 9.59 Å². The minimum atomic E-state index is -0.406. The van der Waals surface area contributed by atoms with Gasteiger partial charge in [0.1, 0.15) is 11.0 Å². The second kappa shape index (κ2) is 5.69. The second-order valence-electron chi connectivity index (χ2n) is 5.26. The lowest BCUT2D eigenvalue weighted by Gasteiger charge is -2.02. The van der Waals surface area contributed by atoms with Gasteiger partial charge < -0.3 is 14.2 Å². The fraction of sp³-hybridized carbons (Fsp3) is 0.118. The van der Waals surface area contributed by atoms with E-state index in [-0.39, 0.29) is 22.4 Å². The molecule has 3 heterocycles. The second-order valence-corrected chi connectivity index (χ2v) is 5.26. The van der Waals surface area contributed by atoms with Gasteiger partial charge in [0.25, 0.3) is 5.91 Å². The molecule has 4 aromatic rings. The molecule has 1 N–H and O–H groups in total. The third-order valence-electron chi connectivity index (χ3n) is 3.69. The third kappa shape index (κ3) is 2.45. The van der Waals surface area contributed by atoms with Crippen LogP contribution in [0.25, 0.3) is 22.1 Å². The molecule has 7 nitrogen and oxygen atoms in total. The van der Waals surface area contributed by atoms with Crippen LogP contribution in [-0.2, 0) is 6.54 Å². The number of aromatic nitrogens is 2. The maximum absolute atomic E-state index is 12.4. The van der Waals surface area contributed by atoms with Crippen LogP contribution in [0, 0.1) is 0 Å². The Morgan fingerprint density at radius 2 is 2.04 bits per heavy atom. The summed E-state index contributed by atoms with van der Waals surface area (Å²) in [5, 5.41) is 7.48. The SMILES string of the molecule is O=C(NCCn1cccn1)c1cc2c(=O)c3ccccc3oc2o1. The zero-order valence-corrected chi connectivity index (χ0v) is 12.6. The molecule has 3 aromatic heterocycles. The predicted molar refractivity (Wildman–Crippen MR) is 86.8 cm³/mol. The molecule has 0 aliphatic carbocycles. The molecule has 7 heteroatoms. The molecule has 1 amide bonds. The van der Waals surface area contributed by atoms with Crippen LogP contribution in [0.4, 0.5) is 0 Å². The molecule has 0 bridgehead atoms. The van der Waals surface area contributed by atoms with Crippen LogP contribution in [0.5, 0.6) is 0 Å². The Morgan fingerprint density at radius 1 is 1.17 bits per heavy atom. The lowest BCUT2D eigenvalue weighted by atomic mass is 10.2. The van der Waals surface area contributed by atoms with Crippen molar-refractivity contribution in [2.24, 2.45) is 0 Å². The number of nitrogens with one attached hydrogen (secondary N) is 1. The number of carbonyl (C=O) groups is 1. The monoisotopic (exact) mass is 323 g/mol. The van der Waals surface area contributed by atoms with E-state index in [1.54, 1.807) is 35.1 Å². The quantitative estimate of drug-likeness (QED) is 0.621. The van der Waals surface area contributed by atoms with Crippen LogP contribution in [0.15, 0.2) is 62.4 Å². The number of fused-ring (bicyclic) bond motifs is 2. The van der Waals surface area contributed by atoms with Crippen LogP contribution in [0.3, 0.4) is 0 Å². The van der Waals surface area contributed by atoms with Gasteiger partial charge in [-0.25, -0.2) is 0 Å². The maximum Gasteiger partial charge on any atom is 0.302 e. The van der Waals surface area contributed by atoms with Crippen molar-refractivity contribution in [3.05, 3.63) is 64.8 Å². The first-order chi connectivity index (χ1) is 11.7. The number of amides is 1. The van der Waals surface area contributed by atoms with Gasteiger partial charge in [0.2, 0.25) is 5.43 Å². The van der Waals surface area contributed by atoms with E-state index < -0.39 is 5.91 Å². The molecule has 4 rings (SSSR count). The van der Waals surface area contributed by atoms with Crippen LogP contribution in [0.1, 0.15) is 10.6 Å². The summed E-state index contributed by atoms with van der Waals surface area (Å²) in [4.78, 5) is 24.6. The number of benzene rings is 1. The van der Waals surface area contributed by atoms with E-state index >= 15 is 0 Å². The van der Waals surface area contributed by atoms with Gasteiger partial charge in [-0.05, 0) is 18.2 Å². The van der Waals surface area contributed by atoms with Gasteiger partial charge >= 0.3 is 5.78 Å². The standard InChI is InChI=1S/C17H13N3O4/c21-15-11-4-1-2-5-13(11)23-17-12(15)10-14(24-17)16(22)18-7-9-20-8-3-6-19-20/h1-6,8,10H,7,9H2,(H,18,22). The summed E-state index contributed by atoms with van der Waals surface area (Å²) in [5.41, 5.74) is 0.209. The molecular formula is C17H13N3O4. The summed E-state index contributed by atoms with van der Waals surface area (Å²) in [7, 11) is 0. The van der Waals surface area contributed by atoms with Crippen LogP contribution in [0.2, 0.25) is 0 Å². The molecule has 1 aromatic carbocycles. The highest BCUT2D eigenvalue weighted by molar-refractivity contribution is 5.97. The van der Waals surface area contributed by atoms with Crippen molar-refractivity contribution >= 4 is 28.0 Å². The summed E-state index contributed by atoms with van der Waals surface area (Å²) in [6.07, 6.45) is 3.48. The number of carbonyl (C=O) groups excluding carboxylic acids is 1. The molecule has 0 unspecified atom stereocenters. The first kappa shape index (κ1) is 14.3. The van der Waals surface area contributed by atoms with Crippen molar-refractivity contribution in [3.63, 3.8) is 0 Å². The van der Waals surface area contributed by atoms with Gasteiger partial charge in [-0.15, -0.1) is 0 Å². The van der Waals surface area contributed by atoms with Gasteiger partial charge in [-0.2, -0.15) is 5.10 Å². The molecule has 120 valence electrons. The van der Waals surface area contributed by atoms with Crippen molar-refractivity contribution in [2.45, 2.75) is 6.54 Å². The Morgan fingerprint density at radius 3 is 2.88 bits per heavy atom. The van der Waals surface area contributed by atoms with Crippen molar-refractivity contribution in [1.82, 2.24) is 15.1 Å². The first-order valence-electron chi connectivity index (χ1n) is 7.43. The van der Waals surface area contributed by atoms with Crippen LogP contribution < -0.4 is 10.7 Å². The molecule has 0 atom stereocenters. The topological polar surface area (TPSA) is 90.3 Å². The Hall–Kier alpha value is -3.35. The fourth-order valence-electron chi connectivity index (χ4n) is 2.51. The van der Waals surface area contributed by atoms with Crippen molar-refractivity contribution in [3.8, 4) is 0 Å². The molecule has 24 heavy (non-hydrogen) atoms. The summed E-state index contributed by atoms with van der Waals surface area (Å²) >= 11 is 0. The average molecular weight is 323 g/mol. The minimum Gasteiger partial charge on any atom is -0.425 e. The lowest BCUT2D eigenvalue weighted by molar-refractivity contribution is 0.0924. The molecule has 0 saturated heterocycles. The Labute approximate surface area is 135 Å². The molecule has 0 spiro atoms. The normalized spacial score (nSPS) is 11.2. The largest absolute Gasteiger partial charge is 0.425 e. The number of para-hydroxylation sites is 1. The average Bonchev–Trinajstić information content (AvgIpc) is 3.24. The van der Waals surface area contributed by atoms with Crippen molar-refractivity contribution < 1.29 is 13.6 Å². The van der Waals surface area contributed by atoms with E-state index in [4.69, 9.17) is 8.83 Å². The van der Waals surface area contributed by atoms with E-state index in [2.05, 4.69) is 10.4 Å². The highest BCUT2D eigenvalue weighted by atomic mass is 16.5. The minimum absolute atomic E-state index is 0.0432. The van der Waals surface area contributed by atoms with Gasteiger partial charge in [0.15, 0.2) is 5.76 Å². The Balaban J connectivity index is 1.60. The van der Waals surface area contributed by atoms with Crippen molar-refractivity contribution in [1.29, 1.82) is 0 Å². The third-order valence-corrected chi connectivity index (χ3v) is 3.69. The number of furan rings is 1. The lowest BCUT2D eigenvalue weighted by Crippen LogP contribution is -2.27. The predicted octanol–water partition coefficient (Wildman–Crippen LogP) is 2.17. The molecule has 0 radical (unpaired) electrons. The molecule has 0 aliphatic heterocycles. The highest BCUT2D eigenvalue weighted by Crippen LogP contribution is 2.21. The maximum atomic E-state index is 12.4. The Kier molecular flexibility index (Phi) is 3.38. The van der Waals surface area contributed by atoms with Gasteiger partial charge in [-0.3, -0.25) is 14.3 Å². The molecule has 0 fully saturated rings. The fourth-order valence-corrected chi connectivity index (χ4v) is 2.51. The smallest absolute Gasteiger partial charge is 0.302 e. The summed E-state index contributed by atoms with van der Waals surface area (Å²) in [6.45, 7) is 0.931. The zero-order valence-electron chi connectivity index (χ0n) is 12.6.